The molecular formula is C18H21N3O3. The second-order valence-electron chi connectivity index (χ2n) is 5.97. The molecule has 6 nitrogen and oxygen atoms in total. The van der Waals surface area contributed by atoms with E-state index in [9.17, 15) is 9.59 Å². The molecule has 0 radical (unpaired) electrons. The molecule has 0 bridgehead atoms. The predicted molar refractivity (Wildman–Crippen MR) is 89.2 cm³/mol. The highest BCUT2D eigenvalue weighted by atomic mass is 16.4. The van der Waals surface area contributed by atoms with Gasteiger partial charge in [-0.2, -0.15) is 0 Å². The van der Waals surface area contributed by atoms with Gasteiger partial charge in [-0.3, -0.25) is 9.59 Å². The first-order valence-corrected chi connectivity index (χ1v) is 8.22. The lowest BCUT2D eigenvalue weighted by Gasteiger charge is -2.14. The van der Waals surface area contributed by atoms with E-state index < -0.39 is 6.04 Å². The number of rotatable bonds is 4. The van der Waals surface area contributed by atoms with Crippen LogP contribution in [0.1, 0.15) is 30.7 Å². The number of benzene rings is 1. The van der Waals surface area contributed by atoms with E-state index in [2.05, 4.69) is 15.6 Å². The van der Waals surface area contributed by atoms with Crippen LogP contribution in [0.5, 0.6) is 0 Å². The summed E-state index contributed by atoms with van der Waals surface area (Å²) in [5.41, 5.74) is 1.47. The number of carbonyl (C=O) groups excluding carboxylic acids is 2. The molecule has 1 fully saturated rings. The van der Waals surface area contributed by atoms with E-state index in [1.807, 2.05) is 30.3 Å². The normalized spacial score (nSPS) is 17.9. The minimum Gasteiger partial charge on any atom is -0.441 e. The maximum atomic E-state index is 12.3. The highest BCUT2D eigenvalue weighted by Crippen LogP contribution is 2.21. The van der Waals surface area contributed by atoms with Gasteiger partial charge in [0.1, 0.15) is 11.8 Å². The lowest BCUT2D eigenvalue weighted by atomic mass is 10.1. The van der Waals surface area contributed by atoms with Crippen molar-refractivity contribution in [2.24, 2.45) is 0 Å². The molecule has 2 heterocycles. The molecule has 2 aromatic rings. The Labute approximate surface area is 140 Å². The standard InChI is InChI=1S/C18H21N3O3/c1-12-15(21-18(24-12)13-7-3-2-4-8-13)11-16(22)20-14-9-5-6-10-19-17(14)23/h2-4,7-8,14H,5-6,9-11H2,1H3,(H,19,23)(H,20,22)/t14-/m0/s1. The zero-order chi connectivity index (χ0) is 16.9. The van der Waals surface area contributed by atoms with Gasteiger partial charge in [0.15, 0.2) is 0 Å². The monoisotopic (exact) mass is 327 g/mol. The van der Waals surface area contributed by atoms with Crippen molar-refractivity contribution in [3.05, 3.63) is 41.8 Å². The van der Waals surface area contributed by atoms with Crippen LogP contribution in [0.4, 0.5) is 0 Å². The van der Waals surface area contributed by atoms with E-state index in [1.165, 1.54) is 0 Å². The van der Waals surface area contributed by atoms with Crippen molar-refractivity contribution in [1.82, 2.24) is 15.6 Å². The quantitative estimate of drug-likeness (QED) is 0.899. The topological polar surface area (TPSA) is 84.2 Å². The summed E-state index contributed by atoms with van der Waals surface area (Å²) in [6, 6.07) is 9.10. The van der Waals surface area contributed by atoms with Crippen LogP contribution in [-0.4, -0.2) is 29.4 Å². The molecule has 2 N–H and O–H groups in total. The Kier molecular flexibility index (Phi) is 4.93. The zero-order valence-corrected chi connectivity index (χ0v) is 13.7. The smallest absolute Gasteiger partial charge is 0.242 e. The molecule has 1 atom stereocenters. The molecule has 2 amide bonds. The summed E-state index contributed by atoms with van der Waals surface area (Å²) in [6.45, 7) is 2.47. The van der Waals surface area contributed by atoms with Gasteiger partial charge in [0.2, 0.25) is 17.7 Å². The number of hydrogen-bond donors (Lipinski definition) is 2. The van der Waals surface area contributed by atoms with Gasteiger partial charge in [0, 0.05) is 12.1 Å². The molecule has 0 unspecified atom stereocenters. The Morgan fingerprint density at radius 2 is 2.12 bits per heavy atom. The SMILES string of the molecule is Cc1oc(-c2ccccc2)nc1CC(=O)N[C@H]1CCCCNC1=O. The van der Waals surface area contributed by atoms with Gasteiger partial charge in [-0.1, -0.05) is 18.2 Å². The fraction of sp³-hybridized carbons (Fsp3) is 0.389. The minimum atomic E-state index is -0.458. The number of aryl methyl sites for hydroxylation is 1. The first-order valence-electron chi connectivity index (χ1n) is 8.22. The molecule has 1 aromatic carbocycles. The summed E-state index contributed by atoms with van der Waals surface area (Å²) < 4.78 is 5.66. The highest BCUT2D eigenvalue weighted by Gasteiger charge is 2.23. The molecule has 0 aliphatic carbocycles. The van der Waals surface area contributed by atoms with E-state index in [4.69, 9.17) is 4.42 Å². The summed E-state index contributed by atoms with van der Waals surface area (Å²) in [4.78, 5) is 28.6. The Morgan fingerprint density at radius 1 is 1.33 bits per heavy atom. The third kappa shape index (κ3) is 3.82. The van der Waals surface area contributed by atoms with Gasteiger partial charge in [-0.05, 0) is 38.3 Å². The Morgan fingerprint density at radius 3 is 2.92 bits per heavy atom. The third-order valence-electron chi connectivity index (χ3n) is 4.11. The summed E-state index contributed by atoms with van der Waals surface area (Å²) in [5.74, 6) is 0.799. The van der Waals surface area contributed by atoms with E-state index in [1.54, 1.807) is 6.92 Å². The van der Waals surface area contributed by atoms with Crippen molar-refractivity contribution < 1.29 is 14.0 Å². The number of oxazole rings is 1. The molecule has 1 aliphatic rings. The van der Waals surface area contributed by atoms with Gasteiger partial charge in [0.25, 0.3) is 0 Å². The fourth-order valence-electron chi connectivity index (χ4n) is 2.77. The van der Waals surface area contributed by atoms with Crippen LogP contribution in [-0.2, 0) is 16.0 Å². The van der Waals surface area contributed by atoms with Crippen molar-refractivity contribution in [3.63, 3.8) is 0 Å². The predicted octanol–water partition coefficient (Wildman–Crippen LogP) is 1.98. The molecular weight excluding hydrogens is 306 g/mol. The minimum absolute atomic E-state index is 0.103. The Hall–Kier alpha value is -2.63. The van der Waals surface area contributed by atoms with Gasteiger partial charge < -0.3 is 15.1 Å². The lowest BCUT2D eigenvalue weighted by Crippen LogP contribution is -2.46. The van der Waals surface area contributed by atoms with Crippen LogP contribution in [0.15, 0.2) is 34.7 Å². The summed E-state index contributed by atoms with van der Waals surface area (Å²) in [6.07, 6.45) is 2.64. The first-order chi connectivity index (χ1) is 11.6. The largest absolute Gasteiger partial charge is 0.441 e. The van der Waals surface area contributed by atoms with Crippen LogP contribution in [0.3, 0.4) is 0 Å². The van der Waals surface area contributed by atoms with E-state index in [0.717, 1.165) is 18.4 Å². The number of amides is 2. The highest BCUT2D eigenvalue weighted by molar-refractivity contribution is 5.88. The van der Waals surface area contributed by atoms with Crippen molar-refractivity contribution in [1.29, 1.82) is 0 Å². The summed E-state index contributed by atoms with van der Waals surface area (Å²) >= 11 is 0. The van der Waals surface area contributed by atoms with E-state index in [-0.39, 0.29) is 18.2 Å². The average molecular weight is 327 g/mol. The molecule has 1 aromatic heterocycles. The lowest BCUT2D eigenvalue weighted by molar-refractivity contribution is -0.128. The molecule has 3 rings (SSSR count). The fourth-order valence-corrected chi connectivity index (χ4v) is 2.77. The summed E-state index contributed by atoms with van der Waals surface area (Å²) in [7, 11) is 0. The number of nitrogens with one attached hydrogen (secondary N) is 2. The molecule has 126 valence electrons. The van der Waals surface area contributed by atoms with E-state index in [0.29, 0.717) is 30.3 Å². The number of aromatic nitrogens is 1. The van der Waals surface area contributed by atoms with Crippen molar-refractivity contribution >= 4 is 11.8 Å². The van der Waals surface area contributed by atoms with Gasteiger partial charge in [-0.15, -0.1) is 0 Å². The third-order valence-corrected chi connectivity index (χ3v) is 4.11. The van der Waals surface area contributed by atoms with E-state index >= 15 is 0 Å². The molecule has 0 spiro atoms. The maximum absolute atomic E-state index is 12.3. The molecule has 6 heteroatoms. The number of hydrogen-bond acceptors (Lipinski definition) is 4. The van der Waals surface area contributed by atoms with Crippen LogP contribution in [0, 0.1) is 6.92 Å². The van der Waals surface area contributed by atoms with Crippen molar-refractivity contribution in [2.75, 3.05) is 6.54 Å². The van der Waals surface area contributed by atoms with Crippen LogP contribution < -0.4 is 10.6 Å². The van der Waals surface area contributed by atoms with Crippen LogP contribution in [0.2, 0.25) is 0 Å². The Balaban J connectivity index is 1.66. The van der Waals surface area contributed by atoms with Gasteiger partial charge in [-0.25, -0.2) is 4.98 Å². The van der Waals surface area contributed by atoms with Crippen molar-refractivity contribution in [3.8, 4) is 11.5 Å². The second kappa shape index (κ2) is 7.29. The molecule has 1 saturated heterocycles. The number of carbonyl (C=O) groups is 2. The first kappa shape index (κ1) is 16.2. The van der Waals surface area contributed by atoms with Crippen LogP contribution >= 0.6 is 0 Å². The number of nitrogens with zero attached hydrogens (tertiary/aromatic N) is 1. The molecule has 0 saturated carbocycles. The molecule has 1 aliphatic heterocycles. The second-order valence-corrected chi connectivity index (χ2v) is 5.97. The van der Waals surface area contributed by atoms with Crippen LogP contribution in [0.25, 0.3) is 11.5 Å². The zero-order valence-electron chi connectivity index (χ0n) is 13.7. The Bertz CT molecular complexity index is 724. The maximum Gasteiger partial charge on any atom is 0.242 e. The van der Waals surface area contributed by atoms with Gasteiger partial charge in [0.05, 0.1) is 12.1 Å². The average Bonchev–Trinajstić information content (AvgIpc) is 2.82. The summed E-state index contributed by atoms with van der Waals surface area (Å²) in [5, 5.41) is 5.61. The van der Waals surface area contributed by atoms with Gasteiger partial charge >= 0.3 is 0 Å². The molecule has 24 heavy (non-hydrogen) atoms. The van der Waals surface area contributed by atoms with Crippen molar-refractivity contribution in [2.45, 2.75) is 38.6 Å².